The normalized spacial score (nSPS) is 14.8. The molecule has 0 spiro atoms. The van der Waals surface area contributed by atoms with Gasteiger partial charge < -0.3 is 5.32 Å². The number of unbranched alkanes of at least 4 members (excludes halogenated alkanes) is 1. The van der Waals surface area contributed by atoms with E-state index < -0.39 is 0 Å². The minimum Gasteiger partial charge on any atom is -0.313 e. The lowest BCUT2D eigenvalue weighted by Gasteiger charge is -2.16. The average molecular weight is 217 g/mol. The number of fused-ring (bicyclic) bond motifs is 1. The second kappa shape index (κ2) is 6.05. The van der Waals surface area contributed by atoms with Crippen LogP contribution in [0.15, 0.2) is 18.2 Å². The highest BCUT2D eigenvalue weighted by Crippen LogP contribution is 2.22. The molecule has 0 bridgehead atoms. The third kappa shape index (κ3) is 3.08. The second-order valence-electron chi connectivity index (χ2n) is 4.84. The molecule has 1 nitrogen and oxygen atoms in total. The van der Waals surface area contributed by atoms with Gasteiger partial charge in [-0.05, 0) is 55.3 Å². The van der Waals surface area contributed by atoms with Crippen molar-refractivity contribution in [2.24, 2.45) is 0 Å². The van der Waals surface area contributed by atoms with Crippen LogP contribution in [0.4, 0.5) is 0 Å². The Hall–Kier alpha value is -0.820. The quantitative estimate of drug-likeness (QED) is 0.745. The number of hydrogen-bond donors (Lipinski definition) is 1. The van der Waals surface area contributed by atoms with E-state index in [0.29, 0.717) is 0 Å². The van der Waals surface area contributed by atoms with Gasteiger partial charge in [-0.2, -0.15) is 0 Å². The second-order valence-corrected chi connectivity index (χ2v) is 4.84. The van der Waals surface area contributed by atoms with Crippen LogP contribution < -0.4 is 5.32 Å². The number of rotatable bonds is 5. The van der Waals surface area contributed by atoms with E-state index in [1.54, 1.807) is 11.1 Å². The summed E-state index contributed by atoms with van der Waals surface area (Å²) in [6, 6.07) is 7.04. The lowest BCUT2D eigenvalue weighted by molar-refractivity contribution is 0.638. The SMILES string of the molecule is CCCCNCc1ccc2c(c1)CCCC2. The Labute approximate surface area is 99.3 Å². The van der Waals surface area contributed by atoms with Crippen LogP contribution in [0, 0.1) is 0 Å². The molecular formula is C15H23N. The first-order valence-electron chi connectivity index (χ1n) is 6.71. The van der Waals surface area contributed by atoms with Crippen molar-refractivity contribution in [3.63, 3.8) is 0 Å². The zero-order chi connectivity index (χ0) is 11.2. The van der Waals surface area contributed by atoms with Crippen molar-refractivity contribution in [3.05, 3.63) is 34.9 Å². The standard InChI is InChI=1S/C15H23N/c1-2-3-10-16-12-13-8-9-14-6-4-5-7-15(14)11-13/h8-9,11,16H,2-7,10,12H2,1H3. The van der Waals surface area contributed by atoms with Crippen LogP contribution in [0.25, 0.3) is 0 Å². The van der Waals surface area contributed by atoms with Crippen LogP contribution in [0.1, 0.15) is 49.3 Å². The summed E-state index contributed by atoms with van der Waals surface area (Å²) in [5, 5.41) is 3.51. The Morgan fingerprint density at radius 2 is 1.94 bits per heavy atom. The third-order valence-electron chi connectivity index (χ3n) is 3.45. The summed E-state index contributed by atoms with van der Waals surface area (Å²) in [5.74, 6) is 0. The van der Waals surface area contributed by atoms with Crippen molar-refractivity contribution in [1.29, 1.82) is 0 Å². The smallest absolute Gasteiger partial charge is 0.0205 e. The summed E-state index contributed by atoms with van der Waals surface area (Å²) in [7, 11) is 0. The molecule has 2 rings (SSSR count). The van der Waals surface area contributed by atoms with Gasteiger partial charge in [0.25, 0.3) is 0 Å². The van der Waals surface area contributed by atoms with Crippen LogP contribution in [0.5, 0.6) is 0 Å². The third-order valence-corrected chi connectivity index (χ3v) is 3.45. The molecule has 1 aromatic rings. The van der Waals surface area contributed by atoms with Crippen molar-refractivity contribution in [2.45, 2.75) is 52.0 Å². The largest absolute Gasteiger partial charge is 0.313 e. The molecule has 0 radical (unpaired) electrons. The molecule has 1 heteroatoms. The maximum atomic E-state index is 3.51. The van der Waals surface area contributed by atoms with Gasteiger partial charge in [-0.25, -0.2) is 0 Å². The fraction of sp³-hybridized carbons (Fsp3) is 0.600. The van der Waals surface area contributed by atoms with Crippen molar-refractivity contribution in [1.82, 2.24) is 5.32 Å². The van der Waals surface area contributed by atoms with E-state index >= 15 is 0 Å². The van der Waals surface area contributed by atoms with Crippen molar-refractivity contribution >= 4 is 0 Å². The predicted molar refractivity (Wildman–Crippen MR) is 69.7 cm³/mol. The number of nitrogens with one attached hydrogen (secondary N) is 1. The van der Waals surface area contributed by atoms with E-state index in [-0.39, 0.29) is 0 Å². The molecule has 0 unspecified atom stereocenters. The summed E-state index contributed by atoms with van der Waals surface area (Å²) in [5.41, 5.74) is 4.64. The van der Waals surface area contributed by atoms with E-state index in [1.807, 2.05) is 0 Å². The number of hydrogen-bond acceptors (Lipinski definition) is 1. The highest BCUT2D eigenvalue weighted by molar-refractivity contribution is 5.33. The van der Waals surface area contributed by atoms with Gasteiger partial charge in [0.05, 0.1) is 0 Å². The van der Waals surface area contributed by atoms with Gasteiger partial charge in [0.2, 0.25) is 0 Å². The predicted octanol–water partition coefficient (Wildman–Crippen LogP) is 3.46. The van der Waals surface area contributed by atoms with E-state index in [2.05, 4.69) is 30.4 Å². The van der Waals surface area contributed by atoms with Crippen molar-refractivity contribution < 1.29 is 0 Å². The molecule has 0 aliphatic heterocycles. The van der Waals surface area contributed by atoms with Gasteiger partial charge in [-0.3, -0.25) is 0 Å². The molecule has 1 N–H and O–H groups in total. The highest BCUT2D eigenvalue weighted by atomic mass is 14.8. The Morgan fingerprint density at radius 3 is 2.75 bits per heavy atom. The van der Waals surface area contributed by atoms with Crippen LogP contribution in [-0.2, 0) is 19.4 Å². The summed E-state index contributed by atoms with van der Waals surface area (Å²) in [6.45, 7) is 4.42. The average Bonchev–Trinajstić information content (AvgIpc) is 2.34. The zero-order valence-electron chi connectivity index (χ0n) is 10.4. The zero-order valence-corrected chi connectivity index (χ0v) is 10.4. The van der Waals surface area contributed by atoms with Crippen LogP contribution in [-0.4, -0.2) is 6.54 Å². The first-order chi connectivity index (χ1) is 7.90. The van der Waals surface area contributed by atoms with E-state index in [9.17, 15) is 0 Å². The molecule has 0 saturated carbocycles. The molecule has 0 heterocycles. The van der Waals surface area contributed by atoms with E-state index in [1.165, 1.54) is 44.1 Å². The lowest BCUT2D eigenvalue weighted by atomic mass is 9.90. The Bertz CT molecular complexity index is 330. The number of aryl methyl sites for hydroxylation is 2. The van der Waals surface area contributed by atoms with E-state index in [4.69, 9.17) is 0 Å². The summed E-state index contributed by atoms with van der Waals surface area (Å²) in [6.07, 6.45) is 7.89. The minimum atomic E-state index is 1.03. The molecule has 0 fully saturated rings. The fourth-order valence-corrected chi connectivity index (χ4v) is 2.43. The maximum Gasteiger partial charge on any atom is 0.0205 e. The topological polar surface area (TPSA) is 12.0 Å². The summed E-state index contributed by atoms with van der Waals surface area (Å²) >= 11 is 0. The lowest BCUT2D eigenvalue weighted by Crippen LogP contribution is -2.15. The Morgan fingerprint density at radius 1 is 1.12 bits per heavy atom. The van der Waals surface area contributed by atoms with Crippen LogP contribution in [0.2, 0.25) is 0 Å². The highest BCUT2D eigenvalue weighted by Gasteiger charge is 2.08. The molecule has 0 saturated heterocycles. The first kappa shape index (κ1) is 11.7. The van der Waals surface area contributed by atoms with Gasteiger partial charge in [0.15, 0.2) is 0 Å². The van der Waals surface area contributed by atoms with Crippen LogP contribution in [0.3, 0.4) is 0 Å². The van der Waals surface area contributed by atoms with E-state index in [0.717, 1.165) is 13.1 Å². The Balaban J connectivity index is 1.90. The first-order valence-corrected chi connectivity index (χ1v) is 6.71. The van der Waals surface area contributed by atoms with Crippen LogP contribution >= 0.6 is 0 Å². The molecule has 16 heavy (non-hydrogen) atoms. The molecule has 0 amide bonds. The van der Waals surface area contributed by atoms with Gasteiger partial charge in [0.1, 0.15) is 0 Å². The Kier molecular flexibility index (Phi) is 4.41. The van der Waals surface area contributed by atoms with Crippen molar-refractivity contribution in [2.75, 3.05) is 6.54 Å². The monoisotopic (exact) mass is 217 g/mol. The fourth-order valence-electron chi connectivity index (χ4n) is 2.43. The molecular weight excluding hydrogens is 194 g/mol. The van der Waals surface area contributed by atoms with Gasteiger partial charge in [-0.15, -0.1) is 0 Å². The molecule has 1 aromatic carbocycles. The molecule has 88 valence electrons. The summed E-state index contributed by atoms with van der Waals surface area (Å²) < 4.78 is 0. The molecule has 1 aliphatic carbocycles. The maximum absolute atomic E-state index is 3.51. The summed E-state index contributed by atoms with van der Waals surface area (Å²) in [4.78, 5) is 0. The van der Waals surface area contributed by atoms with Crippen molar-refractivity contribution in [3.8, 4) is 0 Å². The molecule has 1 aliphatic rings. The van der Waals surface area contributed by atoms with Gasteiger partial charge in [0, 0.05) is 6.54 Å². The van der Waals surface area contributed by atoms with Gasteiger partial charge in [-0.1, -0.05) is 31.5 Å². The van der Waals surface area contributed by atoms with Gasteiger partial charge >= 0.3 is 0 Å². The minimum absolute atomic E-state index is 1.03. The number of benzene rings is 1. The molecule has 0 atom stereocenters. The molecule has 0 aromatic heterocycles.